The van der Waals surface area contributed by atoms with Gasteiger partial charge in [0, 0.05) is 13.0 Å². The Hall–Kier alpha value is -2.12. The van der Waals surface area contributed by atoms with E-state index < -0.39 is 11.3 Å². The van der Waals surface area contributed by atoms with Crippen LogP contribution in [0.15, 0.2) is 60.7 Å². The molecule has 1 saturated heterocycles. The summed E-state index contributed by atoms with van der Waals surface area (Å²) in [6.07, 6.45) is 1.62. The summed E-state index contributed by atoms with van der Waals surface area (Å²) >= 11 is 0. The van der Waals surface area contributed by atoms with E-state index in [1.54, 1.807) is 0 Å². The first kappa shape index (κ1) is 27.5. The lowest BCUT2D eigenvalue weighted by atomic mass is 9.99. The molecule has 194 valence electrons. The van der Waals surface area contributed by atoms with Crippen molar-refractivity contribution in [3.8, 4) is 11.5 Å². The Morgan fingerprint density at radius 3 is 2.03 bits per heavy atom. The SMILES string of the molecule is CC(C)OCCC1(C)NC1(C)OC(COc1ccccc1)CC(C)(C)OCCOc1ccccc1. The zero-order chi connectivity index (χ0) is 25.4. The van der Waals surface area contributed by atoms with Crippen molar-refractivity contribution in [1.29, 1.82) is 0 Å². The van der Waals surface area contributed by atoms with E-state index in [4.69, 9.17) is 23.7 Å². The largest absolute Gasteiger partial charge is 0.491 e. The molecule has 2 aromatic carbocycles. The lowest BCUT2D eigenvalue weighted by Gasteiger charge is -2.32. The Bertz CT molecular complexity index is 875. The number of hydrogen-bond acceptors (Lipinski definition) is 6. The van der Waals surface area contributed by atoms with Gasteiger partial charge in [-0.2, -0.15) is 0 Å². The van der Waals surface area contributed by atoms with Crippen LogP contribution in [0.1, 0.15) is 54.4 Å². The van der Waals surface area contributed by atoms with Crippen LogP contribution in [-0.4, -0.2) is 55.5 Å². The minimum Gasteiger partial charge on any atom is -0.491 e. The molecular formula is C29H43NO5. The van der Waals surface area contributed by atoms with Gasteiger partial charge in [-0.25, -0.2) is 0 Å². The summed E-state index contributed by atoms with van der Waals surface area (Å²) < 4.78 is 30.5. The topological polar surface area (TPSA) is 68.1 Å². The van der Waals surface area contributed by atoms with Crippen LogP contribution in [0, 0.1) is 0 Å². The predicted molar refractivity (Wildman–Crippen MR) is 139 cm³/mol. The summed E-state index contributed by atoms with van der Waals surface area (Å²) in [6.45, 7) is 14.7. The number of nitrogens with one attached hydrogen (secondary N) is 1. The number of para-hydroxylation sites is 2. The monoisotopic (exact) mass is 485 g/mol. The maximum Gasteiger partial charge on any atom is 0.135 e. The van der Waals surface area contributed by atoms with Gasteiger partial charge < -0.3 is 23.7 Å². The quantitative estimate of drug-likeness (QED) is 0.246. The van der Waals surface area contributed by atoms with Crippen molar-refractivity contribution in [2.45, 2.75) is 83.5 Å². The summed E-state index contributed by atoms with van der Waals surface area (Å²) in [7, 11) is 0. The normalized spacial score (nSPS) is 22.7. The van der Waals surface area contributed by atoms with E-state index >= 15 is 0 Å². The highest BCUT2D eigenvalue weighted by molar-refractivity contribution is 5.22. The van der Waals surface area contributed by atoms with E-state index in [9.17, 15) is 0 Å². The van der Waals surface area contributed by atoms with Crippen molar-refractivity contribution < 1.29 is 23.7 Å². The van der Waals surface area contributed by atoms with Crippen LogP contribution in [0.4, 0.5) is 0 Å². The molecule has 1 N–H and O–H groups in total. The van der Waals surface area contributed by atoms with Gasteiger partial charge in [-0.3, -0.25) is 5.32 Å². The predicted octanol–water partition coefficient (Wildman–Crippen LogP) is 5.61. The van der Waals surface area contributed by atoms with E-state index in [2.05, 4.69) is 46.9 Å². The van der Waals surface area contributed by atoms with Crippen LogP contribution in [0.2, 0.25) is 0 Å². The van der Waals surface area contributed by atoms with Gasteiger partial charge in [-0.05, 0) is 72.2 Å². The molecule has 0 aromatic heterocycles. The molecule has 0 aliphatic carbocycles. The molecule has 0 bridgehead atoms. The maximum atomic E-state index is 6.65. The summed E-state index contributed by atoms with van der Waals surface area (Å²) in [5, 5.41) is 3.56. The third kappa shape index (κ3) is 8.80. The lowest BCUT2D eigenvalue weighted by molar-refractivity contribution is -0.110. The Morgan fingerprint density at radius 1 is 0.829 bits per heavy atom. The van der Waals surface area contributed by atoms with Gasteiger partial charge in [0.15, 0.2) is 0 Å². The van der Waals surface area contributed by atoms with Crippen molar-refractivity contribution in [2.24, 2.45) is 0 Å². The highest BCUT2D eigenvalue weighted by Gasteiger charge is 2.62. The van der Waals surface area contributed by atoms with E-state index in [0.717, 1.165) is 17.9 Å². The van der Waals surface area contributed by atoms with Gasteiger partial charge in [0.2, 0.25) is 0 Å². The summed E-state index contributed by atoms with van der Waals surface area (Å²) in [5.41, 5.74) is -0.987. The molecule has 0 spiro atoms. The Balaban J connectivity index is 1.55. The maximum absolute atomic E-state index is 6.65. The lowest BCUT2D eigenvalue weighted by Crippen LogP contribution is -2.39. The van der Waals surface area contributed by atoms with E-state index in [1.165, 1.54) is 0 Å². The van der Waals surface area contributed by atoms with Gasteiger partial charge in [-0.15, -0.1) is 0 Å². The highest BCUT2D eigenvalue weighted by Crippen LogP contribution is 2.43. The average molecular weight is 486 g/mol. The molecule has 6 heteroatoms. The molecule has 1 aliphatic heterocycles. The molecule has 1 heterocycles. The van der Waals surface area contributed by atoms with E-state index in [-0.39, 0.29) is 17.7 Å². The molecule has 0 amide bonds. The minimum absolute atomic E-state index is 0.137. The van der Waals surface area contributed by atoms with Crippen molar-refractivity contribution in [1.82, 2.24) is 5.32 Å². The van der Waals surface area contributed by atoms with Gasteiger partial charge in [0.1, 0.15) is 30.4 Å². The highest BCUT2D eigenvalue weighted by atomic mass is 16.6. The standard InChI is InChI=1S/C29H43NO5/c1-23(2)31-18-17-28(5)29(6,30-28)35-26(22-33-25-15-11-8-12-16-25)21-27(3,4)34-20-19-32-24-13-9-7-10-14-24/h7-16,23,26,30H,17-22H2,1-6H3. The summed E-state index contributed by atoms with van der Waals surface area (Å²) in [4.78, 5) is 0. The molecule has 1 aliphatic rings. The molecule has 2 aromatic rings. The van der Waals surface area contributed by atoms with Crippen LogP contribution < -0.4 is 14.8 Å². The molecule has 35 heavy (non-hydrogen) atoms. The van der Waals surface area contributed by atoms with Crippen LogP contribution in [0.25, 0.3) is 0 Å². The van der Waals surface area contributed by atoms with Crippen molar-refractivity contribution in [3.05, 3.63) is 60.7 Å². The van der Waals surface area contributed by atoms with E-state index in [0.29, 0.717) is 32.8 Å². The van der Waals surface area contributed by atoms with E-state index in [1.807, 2.05) is 60.7 Å². The summed E-state index contributed by atoms with van der Waals surface area (Å²) in [5.74, 6) is 1.68. The number of hydrogen-bond donors (Lipinski definition) is 1. The molecule has 0 radical (unpaired) electrons. The van der Waals surface area contributed by atoms with Crippen LogP contribution in [-0.2, 0) is 14.2 Å². The van der Waals surface area contributed by atoms with Crippen LogP contribution in [0.5, 0.6) is 11.5 Å². The first-order chi connectivity index (χ1) is 16.6. The van der Waals surface area contributed by atoms with Gasteiger partial charge in [-0.1, -0.05) is 36.4 Å². The third-order valence-corrected chi connectivity index (χ3v) is 6.45. The zero-order valence-corrected chi connectivity index (χ0v) is 22.2. The smallest absolute Gasteiger partial charge is 0.135 e. The fraction of sp³-hybridized carbons (Fsp3) is 0.586. The molecule has 1 fully saturated rings. The van der Waals surface area contributed by atoms with Crippen LogP contribution >= 0.6 is 0 Å². The van der Waals surface area contributed by atoms with Crippen molar-refractivity contribution in [3.63, 3.8) is 0 Å². The first-order valence-electron chi connectivity index (χ1n) is 12.7. The summed E-state index contributed by atoms with van der Waals surface area (Å²) in [6, 6.07) is 19.6. The Morgan fingerprint density at radius 2 is 1.43 bits per heavy atom. The second-order valence-corrected chi connectivity index (χ2v) is 10.5. The third-order valence-electron chi connectivity index (χ3n) is 6.45. The van der Waals surface area contributed by atoms with Crippen molar-refractivity contribution >= 4 is 0 Å². The minimum atomic E-state index is -0.440. The number of rotatable bonds is 16. The molecular weight excluding hydrogens is 442 g/mol. The Kier molecular flexibility index (Phi) is 9.59. The number of benzene rings is 2. The van der Waals surface area contributed by atoms with Gasteiger partial charge in [0.25, 0.3) is 0 Å². The van der Waals surface area contributed by atoms with Crippen molar-refractivity contribution in [2.75, 3.05) is 26.4 Å². The first-order valence-corrected chi connectivity index (χ1v) is 12.7. The molecule has 0 saturated carbocycles. The Labute approximate surface area is 211 Å². The molecule has 6 nitrogen and oxygen atoms in total. The zero-order valence-electron chi connectivity index (χ0n) is 22.2. The van der Waals surface area contributed by atoms with Crippen LogP contribution in [0.3, 0.4) is 0 Å². The second-order valence-electron chi connectivity index (χ2n) is 10.5. The van der Waals surface area contributed by atoms with Gasteiger partial charge in [0.05, 0.1) is 30.0 Å². The second kappa shape index (κ2) is 12.2. The average Bonchev–Trinajstić information content (AvgIpc) is 3.35. The number of ether oxygens (including phenoxy) is 5. The fourth-order valence-electron chi connectivity index (χ4n) is 4.23. The fourth-order valence-corrected chi connectivity index (χ4v) is 4.23. The molecule has 3 unspecified atom stereocenters. The molecule has 3 rings (SSSR count). The molecule has 3 atom stereocenters. The van der Waals surface area contributed by atoms with Gasteiger partial charge >= 0.3 is 0 Å².